The molecule has 1 aromatic carbocycles. The highest BCUT2D eigenvalue weighted by Crippen LogP contribution is 2.11. The molecule has 1 aromatic rings. The van der Waals surface area contributed by atoms with E-state index in [0.717, 1.165) is 0 Å². The molecule has 0 saturated carbocycles. The fraction of sp³-hybridized carbons (Fsp3) is 0.250. The molecule has 0 aromatic heterocycles. The zero-order valence-corrected chi connectivity index (χ0v) is 10.8. The number of hydrogen-bond acceptors (Lipinski definition) is 3. The highest BCUT2D eigenvalue weighted by atomic mass is 32.2. The number of aromatic carboxylic acids is 1. The second-order valence-electron chi connectivity index (χ2n) is 3.88. The number of sulfonamides is 1. The van der Waals surface area contributed by atoms with Crippen molar-refractivity contribution in [2.45, 2.75) is 24.3 Å². The van der Waals surface area contributed by atoms with Crippen molar-refractivity contribution < 1.29 is 18.3 Å². The molecule has 0 spiro atoms. The summed E-state index contributed by atoms with van der Waals surface area (Å²) in [6.07, 6.45) is 2.15. The van der Waals surface area contributed by atoms with Gasteiger partial charge in [0.1, 0.15) is 0 Å². The summed E-state index contributed by atoms with van der Waals surface area (Å²) in [5.74, 6) is -1.09. The Hall–Kier alpha value is -1.66. The summed E-state index contributed by atoms with van der Waals surface area (Å²) >= 11 is 0. The second-order valence-corrected chi connectivity index (χ2v) is 5.59. The summed E-state index contributed by atoms with van der Waals surface area (Å²) < 4.78 is 26.3. The zero-order valence-electron chi connectivity index (χ0n) is 9.96. The molecule has 5 nitrogen and oxygen atoms in total. The lowest BCUT2D eigenvalue weighted by Crippen LogP contribution is -2.32. The lowest BCUT2D eigenvalue weighted by molar-refractivity contribution is 0.0696. The van der Waals surface area contributed by atoms with E-state index in [-0.39, 0.29) is 16.5 Å². The molecule has 2 N–H and O–H groups in total. The van der Waals surface area contributed by atoms with Gasteiger partial charge in [0, 0.05) is 6.04 Å². The van der Waals surface area contributed by atoms with Crippen molar-refractivity contribution in [3.05, 3.63) is 42.5 Å². The van der Waals surface area contributed by atoms with Crippen LogP contribution in [0.25, 0.3) is 0 Å². The Bertz CT molecular complexity index is 534. The van der Waals surface area contributed by atoms with Crippen molar-refractivity contribution in [2.75, 3.05) is 0 Å². The quantitative estimate of drug-likeness (QED) is 0.769. The minimum absolute atomic E-state index is 0.0448. The van der Waals surface area contributed by atoms with E-state index in [1.165, 1.54) is 24.3 Å². The first-order valence-electron chi connectivity index (χ1n) is 5.33. The Labute approximate surface area is 106 Å². The third kappa shape index (κ3) is 3.68. The number of rotatable bonds is 6. The van der Waals surface area contributed by atoms with Crippen molar-refractivity contribution in [3.8, 4) is 0 Å². The fourth-order valence-corrected chi connectivity index (χ4v) is 2.66. The van der Waals surface area contributed by atoms with Gasteiger partial charge in [-0.3, -0.25) is 0 Å². The van der Waals surface area contributed by atoms with Gasteiger partial charge in [-0.25, -0.2) is 17.9 Å². The second kappa shape index (κ2) is 5.79. The summed E-state index contributed by atoms with van der Waals surface area (Å²) in [6.45, 7) is 5.26. The Morgan fingerprint density at radius 2 is 2.00 bits per heavy atom. The van der Waals surface area contributed by atoms with Crippen LogP contribution in [0.15, 0.2) is 41.8 Å². The summed E-state index contributed by atoms with van der Waals surface area (Å²) in [5.41, 5.74) is 0.0492. The van der Waals surface area contributed by atoms with Gasteiger partial charge in [-0.15, -0.1) is 6.58 Å². The summed E-state index contributed by atoms with van der Waals surface area (Å²) in [7, 11) is -3.61. The SMILES string of the molecule is C=CCC(C)NS(=O)(=O)c1ccc(C(=O)O)cc1. The van der Waals surface area contributed by atoms with Crippen molar-refractivity contribution in [1.29, 1.82) is 0 Å². The van der Waals surface area contributed by atoms with Crippen LogP contribution in [0.3, 0.4) is 0 Å². The smallest absolute Gasteiger partial charge is 0.335 e. The maximum Gasteiger partial charge on any atom is 0.335 e. The van der Waals surface area contributed by atoms with Crippen molar-refractivity contribution in [1.82, 2.24) is 4.72 Å². The lowest BCUT2D eigenvalue weighted by atomic mass is 10.2. The minimum Gasteiger partial charge on any atom is -0.478 e. The maximum atomic E-state index is 11.9. The topological polar surface area (TPSA) is 83.5 Å². The first-order valence-corrected chi connectivity index (χ1v) is 6.81. The first kappa shape index (κ1) is 14.4. The number of nitrogens with one attached hydrogen (secondary N) is 1. The van der Waals surface area contributed by atoms with E-state index >= 15 is 0 Å². The van der Waals surface area contributed by atoms with Crippen LogP contribution in [-0.4, -0.2) is 25.5 Å². The number of carboxylic acids is 1. The monoisotopic (exact) mass is 269 g/mol. The van der Waals surface area contributed by atoms with Gasteiger partial charge in [0.2, 0.25) is 10.0 Å². The van der Waals surface area contributed by atoms with Crippen LogP contribution in [0.1, 0.15) is 23.7 Å². The summed E-state index contributed by atoms with van der Waals surface area (Å²) in [6, 6.07) is 4.80. The third-order valence-corrected chi connectivity index (χ3v) is 3.89. The number of carbonyl (C=O) groups is 1. The van der Waals surface area contributed by atoms with Crippen LogP contribution in [0, 0.1) is 0 Å². The Morgan fingerprint density at radius 1 is 1.44 bits per heavy atom. The van der Waals surface area contributed by atoms with Crippen LogP contribution in [-0.2, 0) is 10.0 Å². The maximum absolute atomic E-state index is 11.9. The lowest BCUT2D eigenvalue weighted by Gasteiger charge is -2.12. The van der Waals surface area contributed by atoms with E-state index in [0.29, 0.717) is 6.42 Å². The molecule has 1 rings (SSSR count). The van der Waals surface area contributed by atoms with E-state index in [1.807, 2.05) is 0 Å². The third-order valence-electron chi connectivity index (χ3n) is 2.29. The highest BCUT2D eigenvalue weighted by molar-refractivity contribution is 7.89. The van der Waals surface area contributed by atoms with Crippen LogP contribution < -0.4 is 4.72 Å². The molecule has 0 aliphatic heterocycles. The Morgan fingerprint density at radius 3 is 2.44 bits per heavy atom. The van der Waals surface area contributed by atoms with Crippen LogP contribution in [0.5, 0.6) is 0 Å². The first-order chi connectivity index (χ1) is 8.36. The molecule has 0 fully saturated rings. The van der Waals surface area contributed by atoms with Gasteiger partial charge in [0.05, 0.1) is 10.5 Å². The van der Waals surface area contributed by atoms with Crippen LogP contribution in [0.2, 0.25) is 0 Å². The van der Waals surface area contributed by atoms with Crippen LogP contribution in [0.4, 0.5) is 0 Å². The average Bonchev–Trinajstić information content (AvgIpc) is 2.28. The van der Waals surface area contributed by atoms with Gasteiger partial charge in [-0.2, -0.15) is 0 Å². The number of carboxylic acid groups (broad SMARTS) is 1. The molecule has 0 amide bonds. The number of benzene rings is 1. The standard InChI is InChI=1S/C12H15NO4S/c1-3-4-9(2)13-18(16,17)11-7-5-10(6-8-11)12(14)15/h3,5-9,13H,1,4H2,2H3,(H,14,15). The molecule has 0 radical (unpaired) electrons. The average molecular weight is 269 g/mol. The van der Waals surface area contributed by atoms with Gasteiger partial charge in [0.25, 0.3) is 0 Å². The number of hydrogen-bond donors (Lipinski definition) is 2. The largest absolute Gasteiger partial charge is 0.478 e. The van der Waals surface area contributed by atoms with Gasteiger partial charge in [-0.1, -0.05) is 6.08 Å². The highest BCUT2D eigenvalue weighted by Gasteiger charge is 2.17. The predicted octanol–water partition coefficient (Wildman–Crippen LogP) is 1.63. The molecule has 1 atom stereocenters. The van der Waals surface area contributed by atoms with Crippen molar-refractivity contribution >= 4 is 16.0 Å². The van der Waals surface area contributed by atoms with E-state index in [9.17, 15) is 13.2 Å². The molecule has 1 unspecified atom stereocenters. The fourth-order valence-electron chi connectivity index (χ4n) is 1.41. The molecule has 0 heterocycles. The normalized spacial score (nSPS) is 12.9. The van der Waals surface area contributed by atoms with Gasteiger partial charge in [-0.05, 0) is 37.6 Å². The van der Waals surface area contributed by atoms with Crippen molar-refractivity contribution in [3.63, 3.8) is 0 Å². The van der Waals surface area contributed by atoms with Crippen molar-refractivity contribution in [2.24, 2.45) is 0 Å². The van der Waals surface area contributed by atoms with E-state index in [1.54, 1.807) is 13.0 Å². The van der Waals surface area contributed by atoms with Gasteiger partial charge in [0.15, 0.2) is 0 Å². The van der Waals surface area contributed by atoms with E-state index < -0.39 is 16.0 Å². The van der Waals surface area contributed by atoms with Crippen LogP contribution >= 0.6 is 0 Å². The molecular formula is C12H15NO4S. The predicted molar refractivity (Wildman–Crippen MR) is 68.0 cm³/mol. The minimum atomic E-state index is -3.61. The summed E-state index contributed by atoms with van der Waals surface area (Å²) in [5, 5.41) is 8.72. The van der Waals surface area contributed by atoms with Gasteiger partial charge >= 0.3 is 5.97 Å². The zero-order chi connectivity index (χ0) is 13.8. The molecule has 0 aliphatic carbocycles. The van der Waals surface area contributed by atoms with E-state index in [2.05, 4.69) is 11.3 Å². The Kier molecular flexibility index (Phi) is 4.63. The molecule has 6 heteroatoms. The Balaban J connectivity index is 2.91. The summed E-state index contributed by atoms with van der Waals surface area (Å²) in [4.78, 5) is 10.7. The molecule has 18 heavy (non-hydrogen) atoms. The van der Waals surface area contributed by atoms with Gasteiger partial charge < -0.3 is 5.11 Å². The molecule has 0 aliphatic rings. The van der Waals surface area contributed by atoms with E-state index in [4.69, 9.17) is 5.11 Å². The molecule has 98 valence electrons. The molecule has 0 bridgehead atoms. The molecule has 0 saturated heterocycles. The molecular weight excluding hydrogens is 254 g/mol.